The van der Waals surface area contributed by atoms with Crippen LogP contribution in [-0.4, -0.2) is 0 Å². The number of benzene rings is 1. The maximum absolute atomic E-state index is 12.9. The standard InChI is InChI=1S/C16H20FNS/c1-3-5-15(16-6-4-11-19-16)18-12(2)13-7-9-14(17)10-8-13/h4,6-12,15,18H,3,5H2,1-2H3. The summed E-state index contributed by atoms with van der Waals surface area (Å²) < 4.78 is 12.9. The molecule has 0 fully saturated rings. The van der Waals surface area contributed by atoms with Crippen LogP contribution in [-0.2, 0) is 0 Å². The van der Waals surface area contributed by atoms with Crippen molar-refractivity contribution in [2.75, 3.05) is 0 Å². The third kappa shape index (κ3) is 3.88. The molecule has 3 heteroatoms. The minimum absolute atomic E-state index is 0.181. The highest BCUT2D eigenvalue weighted by Crippen LogP contribution is 2.26. The second-order valence-corrected chi connectivity index (χ2v) is 5.78. The molecule has 0 saturated carbocycles. The van der Waals surface area contributed by atoms with Crippen LogP contribution in [0.1, 0.15) is 49.2 Å². The molecule has 0 aliphatic rings. The molecule has 1 aromatic carbocycles. The van der Waals surface area contributed by atoms with Crippen LogP contribution in [0.25, 0.3) is 0 Å². The largest absolute Gasteiger partial charge is 0.303 e. The third-order valence-corrected chi connectivity index (χ3v) is 4.27. The van der Waals surface area contributed by atoms with Gasteiger partial charge in [0, 0.05) is 17.0 Å². The summed E-state index contributed by atoms with van der Waals surface area (Å²) in [7, 11) is 0. The molecular weight excluding hydrogens is 257 g/mol. The first-order valence-corrected chi connectivity index (χ1v) is 7.63. The van der Waals surface area contributed by atoms with Crippen LogP contribution in [0, 0.1) is 5.82 Å². The Labute approximate surface area is 118 Å². The van der Waals surface area contributed by atoms with Gasteiger partial charge < -0.3 is 5.32 Å². The molecule has 0 saturated heterocycles. The molecule has 102 valence electrons. The highest BCUT2D eigenvalue weighted by molar-refractivity contribution is 7.10. The number of thiophene rings is 1. The van der Waals surface area contributed by atoms with Crippen molar-refractivity contribution < 1.29 is 4.39 Å². The summed E-state index contributed by atoms with van der Waals surface area (Å²) in [5, 5.41) is 5.76. The fraction of sp³-hybridized carbons (Fsp3) is 0.375. The zero-order valence-electron chi connectivity index (χ0n) is 11.4. The minimum atomic E-state index is -0.181. The Morgan fingerprint density at radius 3 is 2.53 bits per heavy atom. The topological polar surface area (TPSA) is 12.0 Å². The Hall–Kier alpha value is -1.19. The van der Waals surface area contributed by atoms with Crippen molar-refractivity contribution in [3.05, 3.63) is 58.0 Å². The molecule has 2 aromatic rings. The van der Waals surface area contributed by atoms with Gasteiger partial charge in [0.15, 0.2) is 0 Å². The van der Waals surface area contributed by atoms with Gasteiger partial charge in [0.2, 0.25) is 0 Å². The summed E-state index contributed by atoms with van der Waals surface area (Å²) in [4.78, 5) is 1.37. The maximum Gasteiger partial charge on any atom is 0.123 e. The minimum Gasteiger partial charge on any atom is -0.303 e. The Morgan fingerprint density at radius 1 is 1.21 bits per heavy atom. The van der Waals surface area contributed by atoms with E-state index in [4.69, 9.17) is 0 Å². The average Bonchev–Trinajstić information content (AvgIpc) is 2.92. The zero-order chi connectivity index (χ0) is 13.7. The number of halogens is 1. The fourth-order valence-corrected chi connectivity index (χ4v) is 3.06. The van der Waals surface area contributed by atoms with E-state index in [1.165, 1.54) is 17.0 Å². The summed E-state index contributed by atoms with van der Waals surface area (Å²) in [5.41, 5.74) is 1.12. The van der Waals surface area contributed by atoms with Gasteiger partial charge in [-0.2, -0.15) is 0 Å². The van der Waals surface area contributed by atoms with Gasteiger partial charge in [0.1, 0.15) is 5.82 Å². The normalized spacial score (nSPS) is 14.3. The smallest absolute Gasteiger partial charge is 0.123 e. The van der Waals surface area contributed by atoms with Crippen LogP contribution in [0.3, 0.4) is 0 Å². The Kier molecular flexibility index (Phi) is 5.11. The van der Waals surface area contributed by atoms with Crippen molar-refractivity contribution >= 4 is 11.3 Å². The van der Waals surface area contributed by atoms with Crippen molar-refractivity contribution in [3.63, 3.8) is 0 Å². The predicted octanol–water partition coefficient (Wildman–Crippen LogP) is 5.08. The van der Waals surface area contributed by atoms with E-state index >= 15 is 0 Å². The van der Waals surface area contributed by atoms with Crippen molar-refractivity contribution in [1.82, 2.24) is 5.32 Å². The zero-order valence-corrected chi connectivity index (χ0v) is 12.2. The van der Waals surface area contributed by atoms with Crippen LogP contribution in [0.5, 0.6) is 0 Å². The lowest BCUT2D eigenvalue weighted by atomic mass is 10.0. The monoisotopic (exact) mass is 277 g/mol. The van der Waals surface area contributed by atoms with E-state index in [2.05, 4.69) is 36.7 Å². The molecule has 0 amide bonds. The molecule has 0 aliphatic carbocycles. The molecule has 2 unspecified atom stereocenters. The van der Waals surface area contributed by atoms with Crippen molar-refractivity contribution in [3.8, 4) is 0 Å². The van der Waals surface area contributed by atoms with E-state index in [-0.39, 0.29) is 11.9 Å². The highest BCUT2D eigenvalue weighted by Gasteiger charge is 2.15. The molecule has 19 heavy (non-hydrogen) atoms. The van der Waals surface area contributed by atoms with Crippen LogP contribution in [0.15, 0.2) is 41.8 Å². The molecule has 0 bridgehead atoms. The maximum atomic E-state index is 12.9. The van der Waals surface area contributed by atoms with E-state index < -0.39 is 0 Å². The van der Waals surface area contributed by atoms with Gasteiger partial charge in [-0.1, -0.05) is 31.5 Å². The summed E-state index contributed by atoms with van der Waals surface area (Å²) >= 11 is 1.79. The van der Waals surface area contributed by atoms with Crippen molar-refractivity contribution in [2.45, 2.75) is 38.8 Å². The molecule has 2 atom stereocenters. The second kappa shape index (κ2) is 6.83. The lowest BCUT2D eigenvalue weighted by Crippen LogP contribution is -2.24. The van der Waals surface area contributed by atoms with Gasteiger partial charge in [-0.15, -0.1) is 11.3 Å². The molecule has 1 nitrogen and oxygen atoms in total. The van der Waals surface area contributed by atoms with Gasteiger partial charge in [-0.3, -0.25) is 0 Å². The van der Waals surface area contributed by atoms with E-state index in [0.29, 0.717) is 6.04 Å². The predicted molar refractivity (Wildman–Crippen MR) is 79.9 cm³/mol. The quantitative estimate of drug-likeness (QED) is 0.776. The molecule has 0 radical (unpaired) electrons. The molecule has 0 aliphatic heterocycles. The molecule has 2 rings (SSSR count). The van der Waals surface area contributed by atoms with E-state index in [1.807, 2.05) is 12.1 Å². The summed E-state index contributed by atoms with van der Waals surface area (Å²) in [6.07, 6.45) is 2.26. The van der Waals surface area contributed by atoms with Gasteiger partial charge in [0.25, 0.3) is 0 Å². The summed E-state index contributed by atoms with van der Waals surface area (Å²) in [6, 6.07) is 11.6. The van der Waals surface area contributed by atoms with Gasteiger partial charge in [0.05, 0.1) is 0 Å². The third-order valence-electron chi connectivity index (χ3n) is 3.29. The molecule has 0 spiro atoms. The Morgan fingerprint density at radius 2 is 1.95 bits per heavy atom. The fourth-order valence-electron chi connectivity index (χ4n) is 2.24. The van der Waals surface area contributed by atoms with Crippen molar-refractivity contribution in [1.29, 1.82) is 0 Å². The van der Waals surface area contributed by atoms with Gasteiger partial charge in [-0.05, 0) is 42.5 Å². The molecule has 1 N–H and O–H groups in total. The van der Waals surface area contributed by atoms with E-state index in [9.17, 15) is 4.39 Å². The van der Waals surface area contributed by atoms with Crippen LogP contribution in [0.2, 0.25) is 0 Å². The first-order valence-electron chi connectivity index (χ1n) is 6.75. The number of hydrogen-bond acceptors (Lipinski definition) is 2. The number of rotatable bonds is 6. The van der Waals surface area contributed by atoms with Gasteiger partial charge in [-0.25, -0.2) is 4.39 Å². The average molecular weight is 277 g/mol. The molecule has 1 heterocycles. The van der Waals surface area contributed by atoms with Gasteiger partial charge >= 0.3 is 0 Å². The summed E-state index contributed by atoms with van der Waals surface area (Å²) in [5.74, 6) is -0.181. The van der Waals surface area contributed by atoms with Crippen LogP contribution >= 0.6 is 11.3 Å². The first-order chi connectivity index (χ1) is 9.20. The van der Waals surface area contributed by atoms with Crippen LogP contribution < -0.4 is 5.32 Å². The SMILES string of the molecule is CCCC(NC(C)c1ccc(F)cc1)c1cccs1. The Balaban J connectivity index is 2.06. The Bertz CT molecular complexity index is 478. The molecular formula is C16H20FNS. The highest BCUT2D eigenvalue weighted by atomic mass is 32.1. The van der Waals surface area contributed by atoms with Crippen molar-refractivity contribution in [2.24, 2.45) is 0 Å². The first kappa shape index (κ1) is 14.2. The lowest BCUT2D eigenvalue weighted by molar-refractivity contribution is 0.444. The van der Waals surface area contributed by atoms with E-state index in [1.54, 1.807) is 11.3 Å². The second-order valence-electron chi connectivity index (χ2n) is 4.80. The van der Waals surface area contributed by atoms with Crippen LogP contribution in [0.4, 0.5) is 4.39 Å². The van der Waals surface area contributed by atoms with E-state index in [0.717, 1.165) is 18.4 Å². The molecule has 1 aromatic heterocycles. The number of nitrogens with one attached hydrogen (secondary N) is 1. The summed E-state index contributed by atoms with van der Waals surface area (Å²) in [6.45, 7) is 4.33. The number of hydrogen-bond donors (Lipinski definition) is 1. The lowest BCUT2D eigenvalue weighted by Gasteiger charge is -2.22.